The first-order valence-corrected chi connectivity index (χ1v) is 8.87. The number of hydrogen-bond acceptors (Lipinski definition) is 4. The average Bonchev–Trinajstić information content (AvgIpc) is 2.54. The minimum atomic E-state index is -0.679. The molecule has 0 fully saturated rings. The van der Waals surface area contributed by atoms with Gasteiger partial charge in [-0.15, -0.1) is 0 Å². The Kier molecular flexibility index (Phi) is 6.98. The predicted octanol–water partition coefficient (Wildman–Crippen LogP) is 4.01. The van der Waals surface area contributed by atoms with Crippen LogP contribution >= 0.6 is 22.6 Å². The van der Waals surface area contributed by atoms with Gasteiger partial charge in [0, 0.05) is 6.32 Å². The van der Waals surface area contributed by atoms with Gasteiger partial charge in [-0.1, -0.05) is 30.7 Å². The van der Waals surface area contributed by atoms with E-state index in [-0.39, 0.29) is 11.9 Å². The Bertz CT molecular complexity index is 601. The second kappa shape index (κ2) is 8.75. The molecule has 1 heterocycles. The summed E-state index contributed by atoms with van der Waals surface area (Å²) < 4.78 is 11.5. The van der Waals surface area contributed by atoms with E-state index in [9.17, 15) is 10.1 Å². The molecule has 0 bridgehead atoms. The van der Waals surface area contributed by atoms with Crippen LogP contribution in [0.2, 0.25) is 6.32 Å². The number of rotatable bonds is 6. The first-order valence-electron chi connectivity index (χ1n) is 7.79. The minimum Gasteiger partial charge on any atom is -0.504 e. The maximum Gasteiger partial charge on any atom is 0.458 e. The largest absolute Gasteiger partial charge is 0.504 e. The molecule has 1 atom stereocenters. The lowest BCUT2D eigenvalue weighted by atomic mass is 9.82. The summed E-state index contributed by atoms with van der Waals surface area (Å²) in [5, 5.41) is 19.4. The summed E-state index contributed by atoms with van der Waals surface area (Å²) in [6.45, 7) is 2.13. The van der Waals surface area contributed by atoms with E-state index in [0.29, 0.717) is 12.1 Å². The molecule has 0 radical (unpaired) electrons. The topological polar surface area (TPSA) is 58.9 Å². The molecule has 124 valence electrons. The van der Waals surface area contributed by atoms with Crippen LogP contribution in [0.25, 0.3) is 6.08 Å². The van der Waals surface area contributed by atoms with Crippen LogP contribution in [0.4, 0.5) is 0 Å². The monoisotopic (exact) mass is 428 g/mol. The molecule has 6 heteroatoms. The molecule has 0 aliphatic carbocycles. The van der Waals surface area contributed by atoms with E-state index in [1.807, 2.05) is 24.3 Å². The van der Waals surface area contributed by atoms with Crippen molar-refractivity contribution in [3.05, 3.63) is 39.0 Å². The highest BCUT2D eigenvalue weighted by Crippen LogP contribution is 2.33. The summed E-state index contributed by atoms with van der Waals surface area (Å²) in [5.41, 5.74) is 2.31. The number of halogens is 1. The summed E-state index contributed by atoms with van der Waals surface area (Å²) in [7, 11) is 0.874. The van der Waals surface area contributed by atoms with Crippen molar-refractivity contribution in [1.82, 2.24) is 0 Å². The van der Waals surface area contributed by atoms with Gasteiger partial charge in [0.05, 0.1) is 16.8 Å². The zero-order chi connectivity index (χ0) is 16.8. The number of aromatic hydroxyl groups is 1. The van der Waals surface area contributed by atoms with Gasteiger partial charge in [0.2, 0.25) is 0 Å². The highest BCUT2D eigenvalue weighted by atomic mass is 127. The molecule has 0 aromatic heterocycles. The minimum absolute atomic E-state index is 0.0248. The fourth-order valence-electron chi connectivity index (χ4n) is 2.56. The molecule has 0 saturated heterocycles. The van der Waals surface area contributed by atoms with Gasteiger partial charge in [0.1, 0.15) is 0 Å². The Morgan fingerprint density at radius 1 is 1.52 bits per heavy atom. The van der Waals surface area contributed by atoms with Crippen LogP contribution < -0.4 is 4.74 Å². The van der Waals surface area contributed by atoms with Gasteiger partial charge in [-0.2, -0.15) is 0 Å². The van der Waals surface area contributed by atoms with E-state index in [4.69, 9.17) is 9.39 Å². The zero-order valence-corrected chi connectivity index (χ0v) is 15.6. The van der Waals surface area contributed by atoms with E-state index >= 15 is 0 Å². The summed E-state index contributed by atoms with van der Waals surface area (Å²) in [6.07, 6.45) is 9.36. The van der Waals surface area contributed by atoms with Crippen molar-refractivity contribution in [2.24, 2.45) is 0 Å². The summed E-state index contributed by atoms with van der Waals surface area (Å²) >= 11 is 2.10. The van der Waals surface area contributed by atoms with E-state index in [2.05, 4.69) is 35.6 Å². The molecule has 2 N–H and O–H groups in total. The van der Waals surface area contributed by atoms with Crippen molar-refractivity contribution < 1.29 is 19.5 Å². The first kappa shape index (κ1) is 18.4. The van der Waals surface area contributed by atoms with Crippen LogP contribution in [0, 0.1) is 3.57 Å². The van der Waals surface area contributed by atoms with Crippen molar-refractivity contribution in [2.75, 3.05) is 7.11 Å². The maximum atomic E-state index is 9.91. The number of phenolic OH excluding ortho intramolecular Hbond substituents is 1. The summed E-state index contributed by atoms with van der Waals surface area (Å²) in [5.74, 6) is 0.665. The molecule has 1 aromatic rings. The van der Waals surface area contributed by atoms with Gasteiger partial charge in [-0.3, -0.25) is 0 Å². The quantitative estimate of drug-likeness (QED) is 0.409. The lowest BCUT2D eigenvalue weighted by Crippen LogP contribution is -2.27. The lowest BCUT2D eigenvalue weighted by molar-refractivity contribution is 0.192. The Hall–Kier alpha value is -0.985. The molecule has 4 nitrogen and oxygen atoms in total. The second-order valence-electron chi connectivity index (χ2n) is 5.54. The number of allylic oxidation sites excluding steroid dienone is 2. The van der Waals surface area contributed by atoms with Gasteiger partial charge < -0.3 is 19.5 Å². The fourth-order valence-corrected chi connectivity index (χ4v) is 3.19. The fraction of sp³-hybridized carbons (Fsp3) is 0.412. The Morgan fingerprint density at radius 3 is 2.96 bits per heavy atom. The van der Waals surface area contributed by atoms with Gasteiger partial charge in [-0.25, -0.2) is 0 Å². The molecule has 0 unspecified atom stereocenters. The average molecular weight is 428 g/mol. The van der Waals surface area contributed by atoms with Crippen LogP contribution in [0.5, 0.6) is 11.5 Å². The van der Waals surface area contributed by atoms with E-state index < -0.39 is 7.12 Å². The van der Waals surface area contributed by atoms with Crippen molar-refractivity contribution >= 4 is 35.8 Å². The van der Waals surface area contributed by atoms with Crippen molar-refractivity contribution in [1.29, 1.82) is 0 Å². The molecule has 1 aliphatic heterocycles. The van der Waals surface area contributed by atoms with Gasteiger partial charge >= 0.3 is 7.12 Å². The highest BCUT2D eigenvalue weighted by Gasteiger charge is 2.20. The Labute approximate surface area is 151 Å². The van der Waals surface area contributed by atoms with Gasteiger partial charge in [0.15, 0.2) is 11.5 Å². The summed E-state index contributed by atoms with van der Waals surface area (Å²) in [4.78, 5) is 0. The third-order valence-corrected chi connectivity index (χ3v) is 4.69. The van der Waals surface area contributed by atoms with E-state index in [1.165, 1.54) is 5.57 Å². The number of hydrogen-bond donors (Lipinski definition) is 2. The molecule has 0 spiro atoms. The standard InChI is InChI=1S/C17H22BIO4/c1-3-12(6-7-14-5-4-8-18(21)23-14)9-13-10-15(19)17(20)16(11-13)22-2/h4-5,9-11,14,20-21H,3,6-8H2,1-2H3/b12-9+/t14-/m0/s1. The van der Waals surface area contributed by atoms with Gasteiger partial charge in [0.25, 0.3) is 0 Å². The van der Waals surface area contributed by atoms with Gasteiger partial charge in [-0.05, 0) is 59.5 Å². The smallest absolute Gasteiger partial charge is 0.458 e. The SMILES string of the molecule is CC/C(=C\c1cc(I)c(O)c(OC)c1)CC[C@@H]1C=CCB(O)O1. The lowest BCUT2D eigenvalue weighted by Gasteiger charge is -2.20. The van der Waals surface area contributed by atoms with Crippen LogP contribution in [-0.4, -0.2) is 30.5 Å². The number of methoxy groups -OCH3 is 1. The van der Waals surface area contributed by atoms with Crippen molar-refractivity contribution in [3.63, 3.8) is 0 Å². The van der Waals surface area contributed by atoms with Crippen molar-refractivity contribution in [2.45, 2.75) is 38.6 Å². The highest BCUT2D eigenvalue weighted by molar-refractivity contribution is 14.1. The summed E-state index contributed by atoms with van der Waals surface area (Å²) in [6, 6.07) is 3.78. The van der Waals surface area contributed by atoms with Crippen LogP contribution in [-0.2, 0) is 4.65 Å². The zero-order valence-electron chi connectivity index (χ0n) is 13.5. The number of phenols is 1. The second-order valence-corrected chi connectivity index (χ2v) is 6.70. The molecule has 2 rings (SSSR count). The molecule has 0 amide bonds. The Balaban J connectivity index is 2.08. The first-order chi connectivity index (χ1) is 11.0. The molecule has 0 saturated carbocycles. The third kappa shape index (κ3) is 5.26. The van der Waals surface area contributed by atoms with E-state index in [1.54, 1.807) is 7.11 Å². The normalized spacial score (nSPS) is 18.3. The maximum absolute atomic E-state index is 9.91. The number of ether oxygens (including phenoxy) is 1. The van der Waals surface area contributed by atoms with Crippen LogP contribution in [0.15, 0.2) is 29.9 Å². The molecular weight excluding hydrogens is 406 g/mol. The predicted molar refractivity (Wildman–Crippen MR) is 102 cm³/mol. The molecule has 1 aromatic carbocycles. The van der Waals surface area contributed by atoms with Crippen LogP contribution in [0.3, 0.4) is 0 Å². The number of benzene rings is 1. The third-order valence-electron chi connectivity index (χ3n) is 3.87. The molecule has 1 aliphatic rings. The van der Waals surface area contributed by atoms with Crippen molar-refractivity contribution in [3.8, 4) is 11.5 Å². The van der Waals surface area contributed by atoms with E-state index in [0.717, 1.165) is 28.4 Å². The Morgan fingerprint density at radius 2 is 2.30 bits per heavy atom. The molecule has 23 heavy (non-hydrogen) atoms. The van der Waals surface area contributed by atoms with Crippen LogP contribution in [0.1, 0.15) is 31.7 Å². The molecular formula is C17H22BIO4.